The minimum atomic E-state index is -2.97. The number of hydrogen-bond acceptors (Lipinski definition) is 4. The van der Waals surface area contributed by atoms with Crippen LogP contribution >= 0.6 is 0 Å². The van der Waals surface area contributed by atoms with Gasteiger partial charge >= 0.3 is 6.61 Å². The fourth-order valence-corrected chi connectivity index (χ4v) is 3.17. The average molecular weight is 454 g/mol. The number of ether oxygens (including phenoxy) is 2. The molecule has 0 radical (unpaired) electrons. The number of carbonyl (C=O) groups is 2. The van der Waals surface area contributed by atoms with E-state index in [1.807, 2.05) is 13.0 Å². The summed E-state index contributed by atoms with van der Waals surface area (Å²) in [5, 5.41) is 5.63. The fraction of sp³-hybridized carbons (Fsp3) is 0.200. The van der Waals surface area contributed by atoms with Crippen molar-refractivity contribution in [1.29, 1.82) is 0 Å². The van der Waals surface area contributed by atoms with Crippen molar-refractivity contribution in [2.45, 2.75) is 20.0 Å². The molecule has 8 heteroatoms. The Morgan fingerprint density at radius 1 is 0.909 bits per heavy atom. The van der Waals surface area contributed by atoms with Crippen molar-refractivity contribution in [2.24, 2.45) is 0 Å². The molecule has 0 heterocycles. The number of carbonyl (C=O) groups excluding carboxylic acids is 2. The molecule has 2 amide bonds. The fourth-order valence-electron chi connectivity index (χ4n) is 3.17. The first kappa shape index (κ1) is 23.7. The summed E-state index contributed by atoms with van der Waals surface area (Å²) in [4.78, 5) is 25.0. The normalized spacial score (nSPS) is 10.6. The van der Waals surface area contributed by atoms with Crippen LogP contribution in [-0.2, 0) is 6.42 Å². The quantitative estimate of drug-likeness (QED) is 0.486. The van der Waals surface area contributed by atoms with Crippen molar-refractivity contribution in [3.8, 4) is 11.5 Å². The zero-order valence-corrected chi connectivity index (χ0v) is 18.2. The average Bonchev–Trinajstić information content (AvgIpc) is 2.80. The molecule has 0 atom stereocenters. The highest BCUT2D eigenvalue weighted by Crippen LogP contribution is 2.29. The van der Waals surface area contributed by atoms with E-state index in [0.29, 0.717) is 28.8 Å². The lowest BCUT2D eigenvalue weighted by molar-refractivity contribution is -0.0512. The van der Waals surface area contributed by atoms with Crippen LogP contribution in [0.3, 0.4) is 0 Å². The lowest BCUT2D eigenvalue weighted by Crippen LogP contribution is -2.26. The summed E-state index contributed by atoms with van der Waals surface area (Å²) >= 11 is 0. The number of benzene rings is 3. The van der Waals surface area contributed by atoms with E-state index in [0.717, 1.165) is 5.56 Å². The minimum absolute atomic E-state index is 0.0614. The molecule has 3 aromatic carbocycles. The molecule has 172 valence electrons. The third kappa shape index (κ3) is 6.52. The Morgan fingerprint density at radius 2 is 1.67 bits per heavy atom. The van der Waals surface area contributed by atoms with Gasteiger partial charge in [-0.1, -0.05) is 30.3 Å². The van der Waals surface area contributed by atoms with E-state index in [1.165, 1.54) is 19.2 Å². The number of anilines is 1. The third-order valence-corrected chi connectivity index (χ3v) is 4.93. The van der Waals surface area contributed by atoms with Gasteiger partial charge in [0, 0.05) is 23.4 Å². The second-order valence-electron chi connectivity index (χ2n) is 7.22. The second kappa shape index (κ2) is 11.1. The van der Waals surface area contributed by atoms with Crippen molar-refractivity contribution >= 4 is 17.5 Å². The Labute approximate surface area is 190 Å². The Hall–Kier alpha value is -3.94. The van der Waals surface area contributed by atoms with Gasteiger partial charge in [0.15, 0.2) is 11.5 Å². The van der Waals surface area contributed by atoms with Gasteiger partial charge in [-0.3, -0.25) is 9.59 Å². The largest absolute Gasteiger partial charge is 0.493 e. The molecule has 0 aliphatic heterocycles. The lowest BCUT2D eigenvalue weighted by Gasteiger charge is -2.13. The molecule has 3 aromatic rings. The van der Waals surface area contributed by atoms with Crippen LogP contribution in [0.1, 0.15) is 31.8 Å². The molecule has 0 saturated heterocycles. The van der Waals surface area contributed by atoms with Gasteiger partial charge in [-0.25, -0.2) is 0 Å². The molecule has 6 nitrogen and oxygen atoms in total. The van der Waals surface area contributed by atoms with E-state index >= 15 is 0 Å². The summed E-state index contributed by atoms with van der Waals surface area (Å²) < 4.78 is 34.7. The first-order valence-corrected chi connectivity index (χ1v) is 10.2. The Morgan fingerprint density at radius 3 is 2.36 bits per heavy atom. The van der Waals surface area contributed by atoms with Gasteiger partial charge < -0.3 is 20.1 Å². The van der Waals surface area contributed by atoms with Gasteiger partial charge in [-0.05, 0) is 60.9 Å². The molecule has 0 aliphatic carbocycles. The summed E-state index contributed by atoms with van der Waals surface area (Å²) in [5.74, 6) is -0.443. The first-order chi connectivity index (χ1) is 15.9. The summed E-state index contributed by atoms with van der Waals surface area (Å²) in [6.07, 6.45) is 0.402. The van der Waals surface area contributed by atoms with Crippen molar-refractivity contribution < 1.29 is 27.8 Å². The molecule has 0 fully saturated rings. The number of methoxy groups -OCH3 is 1. The molecule has 0 aromatic heterocycles. The molecule has 33 heavy (non-hydrogen) atoms. The molecule has 0 aliphatic rings. The molecule has 0 spiro atoms. The van der Waals surface area contributed by atoms with Gasteiger partial charge in [-0.15, -0.1) is 0 Å². The SMILES string of the molecule is COc1ccc(CCNC(=O)c2ccc(C)c(NC(=O)c3ccccc3)c2)cc1OC(F)F. The number of halogens is 2. The summed E-state index contributed by atoms with van der Waals surface area (Å²) in [6, 6.07) is 18.5. The van der Waals surface area contributed by atoms with Gasteiger partial charge in [-0.2, -0.15) is 8.78 Å². The number of hydrogen-bond donors (Lipinski definition) is 2. The monoisotopic (exact) mass is 454 g/mol. The molecule has 0 saturated carbocycles. The number of amides is 2. The number of nitrogens with one attached hydrogen (secondary N) is 2. The van der Waals surface area contributed by atoms with Crippen LogP contribution < -0.4 is 20.1 Å². The summed E-state index contributed by atoms with van der Waals surface area (Å²) in [5.41, 5.74) is 2.97. The van der Waals surface area contributed by atoms with Crippen LogP contribution in [0, 0.1) is 6.92 Å². The van der Waals surface area contributed by atoms with E-state index in [-0.39, 0.29) is 29.9 Å². The van der Waals surface area contributed by atoms with Crippen molar-refractivity contribution in [3.63, 3.8) is 0 Å². The van der Waals surface area contributed by atoms with Crippen molar-refractivity contribution in [2.75, 3.05) is 19.0 Å². The van der Waals surface area contributed by atoms with Crippen LogP contribution in [0.5, 0.6) is 11.5 Å². The zero-order chi connectivity index (χ0) is 23.8. The van der Waals surface area contributed by atoms with Gasteiger partial charge in [0.25, 0.3) is 11.8 Å². The molecule has 3 rings (SSSR count). The van der Waals surface area contributed by atoms with Crippen LogP contribution in [0.25, 0.3) is 0 Å². The van der Waals surface area contributed by atoms with E-state index in [1.54, 1.807) is 48.5 Å². The predicted octanol–water partition coefficient (Wildman–Crippen LogP) is 4.83. The highest BCUT2D eigenvalue weighted by atomic mass is 19.3. The van der Waals surface area contributed by atoms with Gasteiger partial charge in [0.2, 0.25) is 0 Å². The molecule has 0 unspecified atom stereocenters. The molecular weight excluding hydrogens is 430 g/mol. The first-order valence-electron chi connectivity index (χ1n) is 10.2. The van der Waals surface area contributed by atoms with Gasteiger partial charge in [0.1, 0.15) is 0 Å². The standard InChI is InChI=1S/C25H24F2N2O4/c1-16-8-10-19(15-20(16)29-24(31)18-6-4-3-5-7-18)23(30)28-13-12-17-9-11-21(32-2)22(14-17)33-25(26)27/h3-11,14-15,25H,12-13H2,1-2H3,(H,28,30)(H,29,31). The zero-order valence-electron chi connectivity index (χ0n) is 18.2. The topological polar surface area (TPSA) is 76.7 Å². The van der Waals surface area contributed by atoms with Crippen molar-refractivity contribution in [3.05, 3.63) is 89.0 Å². The smallest absolute Gasteiger partial charge is 0.387 e. The number of rotatable bonds is 9. The predicted molar refractivity (Wildman–Crippen MR) is 121 cm³/mol. The maximum absolute atomic E-state index is 12.6. The van der Waals surface area contributed by atoms with Crippen LogP contribution in [0.4, 0.5) is 14.5 Å². The van der Waals surface area contributed by atoms with E-state index < -0.39 is 6.61 Å². The molecule has 0 bridgehead atoms. The molecule has 2 N–H and O–H groups in total. The van der Waals surface area contributed by atoms with E-state index in [9.17, 15) is 18.4 Å². The Balaban J connectivity index is 1.62. The van der Waals surface area contributed by atoms with E-state index in [4.69, 9.17) is 4.74 Å². The molecular formula is C25H24F2N2O4. The summed E-state index contributed by atoms with van der Waals surface area (Å²) in [7, 11) is 1.37. The Kier molecular flexibility index (Phi) is 7.96. The number of aryl methyl sites for hydroxylation is 1. The lowest BCUT2D eigenvalue weighted by atomic mass is 10.1. The minimum Gasteiger partial charge on any atom is -0.493 e. The van der Waals surface area contributed by atoms with Crippen molar-refractivity contribution in [1.82, 2.24) is 5.32 Å². The third-order valence-electron chi connectivity index (χ3n) is 4.93. The number of alkyl halides is 2. The van der Waals surface area contributed by atoms with Crippen LogP contribution in [0.2, 0.25) is 0 Å². The maximum atomic E-state index is 12.6. The summed E-state index contributed by atoms with van der Waals surface area (Å²) in [6.45, 7) is -0.851. The van der Waals surface area contributed by atoms with E-state index in [2.05, 4.69) is 15.4 Å². The second-order valence-corrected chi connectivity index (χ2v) is 7.22. The van der Waals surface area contributed by atoms with Crippen LogP contribution in [-0.4, -0.2) is 32.1 Å². The van der Waals surface area contributed by atoms with Crippen LogP contribution in [0.15, 0.2) is 66.7 Å². The highest BCUT2D eigenvalue weighted by Gasteiger charge is 2.13. The highest BCUT2D eigenvalue weighted by molar-refractivity contribution is 6.05. The van der Waals surface area contributed by atoms with Gasteiger partial charge in [0.05, 0.1) is 7.11 Å². The Bertz CT molecular complexity index is 1120. The maximum Gasteiger partial charge on any atom is 0.387 e.